The van der Waals surface area contributed by atoms with Crippen molar-refractivity contribution in [3.05, 3.63) is 52.8 Å². The topological polar surface area (TPSA) is 113 Å². The number of pyridine rings is 1. The fraction of sp³-hybridized carbons (Fsp3) is 0.458. The molecule has 0 unspecified atom stereocenters. The number of benzene rings is 1. The summed E-state index contributed by atoms with van der Waals surface area (Å²) in [5.41, 5.74) is 8.61. The van der Waals surface area contributed by atoms with Crippen molar-refractivity contribution >= 4 is 34.8 Å². The van der Waals surface area contributed by atoms with Crippen molar-refractivity contribution in [2.45, 2.75) is 69.4 Å². The van der Waals surface area contributed by atoms with E-state index in [0.29, 0.717) is 30.0 Å². The molecule has 0 saturated carbocycles. The number of halogens is 1. The molecule has 174 valence electrons. The first-order valence-corrected chi connectivity index (χ1v) is 11.6. The van der Waals surface area contributed by atoms with E-state index in [0.717, 1.165) is 23.4 Å². The molecule has 8 nitrogen and oxygen atoms in total. The Bertz CT molecular complexity index is 1120. The van der Waals surface area contributed by atoms with Gasteiger partial charge in [0.15, 0.2) is 11.7 Å². The number of fused-ring (bicyclic) bond motifs is 2. The predicted molar refractivity (Wildman–Crippen MR) is 126 cm³/mol. The lowest BCUT2D eigenvalue weighted by Crippen LogP contribution is -2.57. The number of nitrogens with two attached hydrogens (primary N) is 1. The molecule has 2 aromatic rings. The molecule has 4 atom stereocenters. The summed E-state index contributed by atoms with van der Waals surface area (Å²) >= 11 is 6.79. The second-order valence-electron chi connectivity index (χ2n) is 9.48. The van der Waals surface area contributed by atoms with Gasteiger partial charge in [-0.25, -0.2) is 4.99 Å². The van der Waals surface area contributed by atoms with Gasteiger partial charge in [-0.15, -0.1) is 0 Å². The number of aromatic nitrogens is 1. The van der Waals surface area contributed by atoms with Crippen LogP contribution in [0.2, 0.25) is 5.02 Å². The standard InChI is InChI=1S/C24H28ClN5O3/c1-14-6-7-15(13-27-14)28-19-5-3-4-18(21(19)25)23(2)12-20(31)30(22(26)29-23)16-10-17-8-9-24(32,11-16)33-17/h3-7,13,16-17,28,32H,8-12H2,1-2H3,(H2,26,29)/t16-,17-,23+,24+/m1/s1. The smallest absolute Gasteiger partial charge is 0.232 e. The molecule has 0 aliphatic carbocycles. The molecule has 3 aliphatic rings. The maximum absolute atomic E-state index is 13.3. The van der Waals surface area contributed by atoms with Crippen LogP contribution in [0.15, 0.2) is 41.5 Å². The van der Waals surface area contributed by atoms with E-state index in [1.807, 2.05) is 44.2 Å². The van der Waals surface area contributed by atoms with Crippen molar-refractivity contribution in [1.29, 1.82) is 0 Å². The zero-order valence-corrected chi connectivity index (χ0v) is 19.5. The van der Waals surface area contributed by atoms with Crippen molar-refractivity contribution in [1.82, 2.24) is 9.88 Å². The summed E-state index contributed by atoms with van der Waals surface area (Å²) in [6.07, 6.45) is 4.16. The number of aryl methyl sites for hydroxylation is 1. The number of hydrogen-bond acceptors (Lipinski definition) is 7. The van der Waals surface area contributed by atoms with Gasteiger partial charge in [0.2, 0.25) is 5.91 Å². The van der Waals surface area contributed by atoms with Crippen LogP contribution in [0.25, 0.3) is 0 Å². The van der Waals surface area contributed by atoms with Gasteiger partial charge in [-0.1, -0.05) is 23.7 Å². The van der Waals surface area contributed by atoms with Crippen molar-refractivity contribution in [2.75, 3.05) is 5.32 Å². The minimum atomic E-state index is -1.18. The number of rotatable bonds is 4. The van der Waals surface area contributed by atoms with E-state index in [4.69, 9.17) is 27.1 Å². The van der Waals surface area contributed by atoms with Crippen LogP contribution in [0.3, 0.4) is 0 Å². The number of aliphatic hydroxyl groups is 1. The minimum Gasteiger partial charge on any atom is -0.369 e. The fourth-order valence-corrected chi connectivity index (χ4v) is 5.60. The second-order valence-corrected chi connectivity index (χ2v) is 9.86. The van der Waals surface area contributed by atoms with Gasteiger partial charge in [0, 0.05) is 30.1 Å². The van der Waals surface area contributed by atoms with Crippen molar-refractivity contribution in [3.63, 3.8) is 0 Å². The number of carbonyl (C=O) groups excluding carboxylic acids is 1. The molecule has 4 N–H and O–H groups in total. The Balaban J connectivity index is 1.43. The van der Waals surface area contributed by atoms with Gasteiger partial charge < -0.3 is 20.9 Å². The molecule has 0 spiro atoms. The van der Waals surface area contributed by atoms with Gasteiger partial charge in [0.1, 0.15) is 0 Å². The lowest BCUT2D eigenvalue weighted by Gasteiger charge is -2.43. The fourth-order valence-electron chi connectivity index (χ4n) is 5.22. The first kappa shape index (κ1) is 22.1. The van der Waals surface area contributed by atoms with Gasteiger partial charge in [-0.2, -0.15) is 0 Å². The Hall–Kier alpha value is -2.68. The molecule has 2 fully saturated rings. The Kier molecular flexibility index (Phi) is 5.34. The first-order chi connectivity index (χ1) is 15.7. The molecular weight excluding hydrogens is 442 g/mol. The third kappa shape index (κ3) is 4.07. The molecule has 3 aliphatic heterocycles. The van der Waals surface area contributed by atoms with Gasteiger partial charge in [-0.05, 0) is 44.9 Å². The Morgan fingerprint density at radius 2 is 2.15 bits per heavy atom. The van der Waals surface area contributed by atoms with E-state index >= 15 is 0 Å². The quantitative estimate of drug-likeness (QED) is 0.630. The zero-order valence-electron chi connectivity index (χ0n) is 18.7. The third-order valence-electron chi connectivity index (χ3n) is 6.84. The maximum Gasteiger partial charge on any atom is 0.232 e. The van der Waals surface area contributed by atoms with Crippen molar-refractivity contribution < 1.29 is 14.6 Å². The summed E-state index contributed by atoms with van der Waals surface area (Å²) in [4.78, 5) is 23.9. The van der Waals surface area contributed by atoms with Gasteiger partial charge in [-0.3, -0.25) is 14.7 Å². The highest BCUT2D eigenvalue weighted by Crippen LogP contribution is 2.44. The molecule has 1 aromatic heterocycles. The largest absolute Gasteiger partial charge is 0.369 e. The number of aliphatic imine (C=N–C) groups is 1. The average molecular weight is 470 g/mol. The molecular formula is C24H28ClN5O3. The number of anilines is 2. The number of nitrogens with zero attached hydrogens (tertiary/aromatic N) is 3. The highest BCUT2D eigenvalue weighted by molar-refractivity contribution is 6.34. The predicted octanol–water partition coefficient (Wildman–Crippen LogP) is 3.58. The molecule has 4 heterocycles. The number of carbonyl (C=O) groups is 1. The summed E-state index contributed by atoms with van der Waals surface area (Å²) in [5.74, 6) is -1.15. The molecule has 1 amide bonds. The van der Waals surface area contributed by atoms with E-state index in [1.165, 1.54) is 0 Å². The summed E-state index contributed by atoms with van der Waals surface area (Å²) in [5, 5.41) is 14.4. The third-order valence-corrected chi connectivity index (χ3v) is 7.25. The highest BCUT2D eigenvalue weighted by Gasteiger charge is 2.50. The Labute approximate surface area is 197 Å². The average Bonchev–Trinajstić information content (AvgIpc) is 3.02. The summed E-state index contributed by atoms with van der Waals surface area (Å²) < 4.78 is 5.68. The van der Waals surface area contributed by atoms with Gasteiger partial charge in [0.05, 0.1) is 40.7 Å². The molecule has 0 radical (unpaired) electrons. The lowest BCUT2D eigenvalue weighted by atomic mass is 9.86. The SMILES string of the molecule is Cc1ccc(Nc2cccc([C@]3(C)CC(=O)N([C@@H]4C[C@H]5CC[C@@](O)(C4)O5)C(N)=N3)c2Cl)cn1. The number of ether oxygens (including phenoxy) is 1. The molecule has 2 bridgehead atoms. The van der Waals surface area contributed by atoms with E-state index in [2.05, 4.69) is 10.3 Å². The number of nitrogens with one attached hydrogen (secondary N) is 1. The number of hydrogen-bond donors (Lipinski definition) is 3. The molecule has 9 heteroatoms. The van der Waals surface area contributed by atoms with E-state index in [-0.39, 0.29) is 30.4 Å². The lowest BCUT2D eigenvalue weighted by molar-refractivity contribution is -0.225. The molecule has 33 heavy (non-hydrogen) atoms. The summed E-state index contributed by atoms with van der Waals surface area (Å²) in [6, 6.07) is 9.25. The van der Waals surface area contributed by atoms with Gasteiger partial charge in [0.25, 0.3) is 0 Å². The first-order valence-electron chi connectivity index (χ1n) is 11.2. The Morgan fingerprint density at radius 1 is 1.33 bits per heavy atom. The zero-order chi connectivity index (χ0) is 23.4. The van der Waals surface area contributed by atoms with E-state index < -0.39 is 11.3 Å². The van der Waals surface area contributed by atoms with Crippen molar-refractivity contribution in [2.24, 2.45) is 10.7 Å². The monoisotopic (exact) mass is 469 g/mol. The normalized spacial score (nSPS) is 31.5. The van der Waals surface area contributed by atoms with Crippen LogP contribution < -0.4 is 11.1 Å². The van der Waals surface area contributed by atoms with Crippen LogP contribution in [0.1, 0.15) is 50.3 Å². The second kappa shape index (κ2) is 7.97. The van der Waals surface area contributed by atoms with Crippen LogP contribution in [-0.2, 0) is 15.1 Å². The van der Waals surface area contributed by atoms with E-state index in [9.17, 15) is 9.90 Å². The van der Waals surface area contributed by atoms with Crippen molar-refractivity contribution in [3.8, 4) is 0 Å². The van der Waals surface area contributed by atoms with E-state index in [1.54, 1.807) is 11.1 Å². The van der Waals surface area contributed by atoms with Crippen LogP contribution in [0.4, 0.5) is 11.4 Å². The molecule has 2 saturated heterocycles. The van der Waals surface area contributed by atoms with Gasteiger partial charge >= 0.3 is 0 Å². The number of amides is 1. The molecule has 5 rings (SSSR count). The highest BCUT2D eigenvalue weighted by atomic mass is 35.5. The summed E-state index contributed by atoms with van der Waals surface area (Å²) in [7, 11) is 0. The molecule has 1 aromatic carbocycles. The minimum absolute atomic E-state index is 0.0591. The van der Waals surface area contributed by atoms with Crippen LogP contribution in [0.5, 0.6) is 0 Å². The van der Waals surface area contributed by atoms with Crippen LogP contribution in [-0.4, -0.2) is 44.8 Å². The van der Waals surface area contributed by atoms with Crippen LogP contribution in [0, 0.1) is 6.92 Å². The van der Waals surface area contributed by atoms with Crippen LogP contribution >= 0.6 is 11.6 Å². The number of guanidine groups is 1. The maximum atomic E-state index is 13.3. The summed E-state index contributed by atoms with van der Waals surface area (Å²) in [6.45, 7) is 3.80. The Morgan fingerprint density at radius 3 is 2.85 bits per heavy atom.